The van der Waals surface area contributed by atoms with Gasteiger partial charge in [-0.3, -0.25) is 9.59 Å². The molecule has 1 atom stereocenters. The van der Waals surface area contributed by atoms with E-state index < -0.39 is 0 Å². The first-order chi connectivity index (χ1) is 14.5. The zero-order chi connectivity index (χ0) is 20.9. The van der Waals surface area contributed by atoms with Crippen LogP contribution in [0.5, 0.6) is 0 Å². The molecule has 1 saturated heterocycles. The number of fused-ring (bicyclic) bond motifs is 1. The number of nitrogens with one attached hydrogen (secondary N) is 2. The maximum absolute atomic E-state index is 13.1. The Hall–Kier alpha value is -2.31. The van der Waals surface area contributed by atoms with Gasteiger partial charge in [-0.1, -0.05) is 17.7 Å². The van der Waals surface area contributed by atoms with Crippen LogP contribution >= 0.6 is 22.9 Å². The van der Waals surface area contributed by atoms with E-state index in [4.69, 9.17) is 11.6 Å². The van der Waals surface area contributed by atoms with Crippen molar-refractivity contribution in [3.05, 3.63) is 56.9 Å². The van der Waals surface area contributed by atoms with Crippen LogP contribution in [0.2, 0.25) is 5.02 Å². The Labute approximate surface area is 184 Å². The molecule has 3 aromatic rings. The Bertz CT molecular complexity index is 1110. The van der Waals surface area contributed by atoms with Crippen molar-refractivity contribution in [2.45, 2.75) is 32.7 Å². The van der Waals surface area contributed by atoms with Crippen LogP contribution in [-0.2, 0) is 11.3 Å². The number of hydrogen-bond acceptors (Lipinski definition) is 3. The Balaban J connectivity index is 1.21. The van der Waals surface area contributed by atoms with Crippen LogP contribution in [0, 0.1) is 18.3 Å². The standard InChI is InChI=1S/C23H24ClN3O2S/c1-14-17-11-15(24)4-5-19(17)26-20(14)22(29)27-8-6-23(7-9-27)12-18(23)21(28)25-13-16-3-2-10-30-16/h2-5,10-11,18,26H,6-9,12-13H2,1H3,(H,25,28)/t18-/m1/s1. The summed E-state index contributed by atoms with van der Waals surface area (Å²) in [6.45, 7) is 3.96. The zero-order valence-electron chi connectivity index (χ0n) is 16.8. The summed E-state index contributed by atoms with van der Waals surface area (Å²) >= 11 is 7.78. The monoisotopic (exact) mass is 441 g/mol. The number of aromatic amines is 1. The molecule has 5 nitrogen and oxygen atoms in total. The van der Waals surface area contributed by atoms with Gasteiger partial charge in [0, 0.05) is 39.8 Å². The third-order valence-corrected chi connectivity index (χ3v) is 7.92. The molecule has 0 unspecified atom stereocenters. The molecule has 0 radical (unpaired) electrons. The molecule has 5 rings (SSSR count). The smallest absolute Gasteiger partial charge is 0.270 e. The molecule has 30 heavy (non-hydrogen) atoms. The Morgan fingerprint density at radius 2 is 2.10 bits per heavy atom. The predicted octanol–water partition coefficient (Wildman–Crippen LogP) is 4.75. The van der Waals surface area contributed by atoms with Crippen molar-refractivity contribution in [2.24, 2.45) is 11.3 Å². The van der Waals surface area contributed by atoms with Crippen LogP contribution in [0.4, 0.5) is 0 Å². The highest BCUT2D eigenvalue weighted by Crippen LogP contribution is 2.59. The van der Waals surface area contributed by atoms with Gasteiger partial charge in [0.1, 0.15) is 5.69 Å². The summed E-state index contributed by atoms with van der Waals surface area (Å²) in [4.78, 5) is 32.1. The van der Waals surface area contributed by atoms with Crippen molar-refractivity contribution in [2.75, 3.05) is 13.1 Å². The second-order valence-corrected chi connectivity index (χ2v) is 9.99. The molecule has 2 amide bonds. The Kier molecular flexibility index (Phi) is 4.86. The van der Waals surface area contributed by atoms with Crippen LogP contribution < -0.4 is 5.32 Å². The van der Waals surface area contributed by atoms with Gasteiger partial charge < -0.3 is 15.2 Å². The van der Waals surface area contributed by atoms with Crippen LogP contribution in [0.25, 0.3) is 10.9 Å². The van der Waals surface area contributed by atoms with Gasteiger partial charge in [0.2, 0.25) is 5.91 Å². The number of carbonyl (C=O) groups is 2. The average molecular weight is 442 g/mol. The van der Waals surface area contributed by atoms with E-state index in [1.807, 2.05) is 47.5 Å². The lowest BCUT2D eigenvalue weighted by Crippen LogP contribution is -2.41. The number of piperidine rings is 1. The van der Waals surface area contributed by atoms with E-state index in [0.29, 0.717) is 30.4 Å². The summed E-state index contributed by atoms with van der Waals surface area (Å²) < 4.78 is 0. The molecule has 2 N–H and O–H groups in total. The maximum atomic E-state index is 13.1. The minimum absolute atomic E-state index is 0.0361. The van der Waals surface area contributed by atoms with Gasteiger partial charge in [-0.2, -0.15) is 0 Å². The number of likely N-dealkylation sites (tertiary alicyclic amines) is 1. The molecule has 3 heterocycles. The molecule has 1 aliphatic carbocycles. The van der Waals surface area contributed by atoms with Crippen molar-refractivity contribution in [1.82, 2.24) is 15.2 Å². The van der Waals surface area contributed by atoms with Crippen LogP contribution in [0.1, 0.15) is 40.2 Å². The third-order valence-electron chi connectivity index (χ3n) is 6.80. The third kappa shape index (κ3) is 3.42. The molecule has 1 aromatic carbocycles. The van der Waals surface area contributed by atoms with Crippen LogP contribution in [0.15, 0.2) is 35.7 Å². The number of thiophene rings is 1. The summed E-state index contributed by atoms with van der Waals surface area (Å²) in [6, 6.07) is 9.68. The van der Waals surface area contributed by atoms with E-state index in [2.05, 4.69) is 10.3 Å². The van der Waals surface area contributed by atoms with E-state index in [1.165, 1.54) is 4.88 Å². The van der Waals surface area contributed by atoms with Gasteiger partial charge in [-0.25, -0.2) is 0 Å². The van der Waals surface area contributed by atoms with Gasteiger partial charge >= 0.3 is 0 Å². The molecule has 0 bridgehead atoms. The van der Waals surface area contributed by atoms with Crippen molar-refractivity contribution < 1.29 is 9.59 Å². The second-order valence-electron chi connectivity index (χ2n) is 8.52. The highest BCUT2D eigenvalue weighted by Gasteiger charge is 2.58. The molecule has 7 heteroatoms. The van der Waals surface area contributed by atoms with E-state index in [0.717, 1.165) is 35.7 Å². The second kappa shape index (κ2) is 7.43. The number of nitrogens with zero attached hydrogens (tertiary/aromatic N) is 1. The van der Waals surface area contributed by atoms with E-state index in [9.17, 15) is 9.59 Å². The number of carbonyl (C=O) groups excluding carboxylic acids is 2. The number of H-pyrrole nitrogens is 1. The molecule has 1 saturated carbocycles. The van der Waals surface area contributed by atoms with E-state index in [1.54, 1.807) is 11.3 Å². The lowest BCUT2D eigenvalue weighted by Gasteiger charge is -2.32. The normalized spacial score (nSPS) is 19.9. The summed E-state index contributed by atoms with van der Waals surface area (Å²) in [5.74, 6) is 0.284. The number of aryl methyl sites for hydroxylation is 1. The topological polar surface area (TPSA) is 65.2 Å². The average Bonchev–Trinajstić information content (AvgIpc) is 3.08. The number of benzene rings is 1. The fourth-order valence-electron chi connectivity index (χ4n) is 4.81. The van der Waals surface area contributed by atoms with Gasteiger partial charge in [0.15, 0.2) is 0 Å². The number of rotatable bonds is 4. The first-order valence-electron chi connectivity index (χ1n) is 10.3. The predicted molar refractivity (Wildman–Crippen MR) is 120 cm³/mol. The molecule has 2 aliphatic rings. The number of hydrogen-bond donors (Lipinski definition) is 2. The van der Waals surface area contributed by atoms with Crippen molar-refractivity contribution in [1.29, 1.82) is 0 Å². The lowest BCUT2D eigenvalue weighted by atomic mass is 9.90. The number of halogens is 1. The first-order valence-corrected chi connectivity index (χ1v) is 11.6. The zero-order valence-corrected chi connectivity index (χ0v) is 18.4. The lowest BCUT2D eigenvalue weighted by molar-refractivity contribution is -0.123. The maximum Gasteiger partial charge on any atom is 0.270 e. The fraction of sp³-hybridized carbons (Fsp3) is 0.391. The largest absolute Gasteiger partial charge is 0.351 e. The van der Waals surface area contributed by atoms with Crippen molar-refractivity contribution in [3.63, 3.8) is 0 Å². The van der Waals surface area contributed by atoms with Crippen molar-refractivity contribution >= 4 is 45.7 Å². The van der Waals surface area contributed by atoms with Gasteiger partial charge in [0.05, 0.1) is 6.54 Å². The molecule has 1 spiro atoms. The molecule has 2 aromatic heterocycles. The fourth-order valence-corrected chi connectivity index (χ4v) is 5.62. The molecular weight excluding hydrogens is 418 g/mol. The van der Waals surface area contributed by atoms with Crippen LogP contribution in [-0.4, -0.2) is 34.8 Å². The Morgan fingerprint density at radius 3 is 2.83 bits per heavy atom. The molecule has 2 fully saturated rings. The molecular formula is C23H24ClN3O2S. The van der Waals surface area contributed by atoms with Gasteiger partial charge in [0.25, 0.3) is 5.91 Å². The number of aromatic nitrogens is 1. The quantitative estimate of drug-likeness (QED) is 0.613. The minimum atomic E-state index is 0.0361. The highest BCUT2D eigenvalue weighted by molar-refractivity contribution is 7.09. The summed E-state index contributed by atoms with van der Waals surface area (Å²) in [5, 5.41) is 6.76. The summed E-state index contributed by atoms with van der Waals surface area (Å²) in [7, 11) is 0. The van der Waals surface area contributed by atoms with E-state index >= 15 is 0 Å². The minimum Gasteiger partial charge on any atom is -0.351 e. The molecule has 1 aliphatic heterocycles. The SMILES string of the molecule is Cc1c(C(=O)N2CCC3(CC2)C[C@@H]3C(=O)NCc2cccs2)[nH]c2ccc(Cl)cc12. The molecule has 156 valence electrons. The number of amides is 2. The summed E-state index contributed by atoms with van der Waals surface area (Å²) in [6.07, 6.45) is 2.72. The highest BCUT2D eigenvalue weighted by atomic mass is 35.5. The first kappa shape index (κ1) is 19.6. The van der Waals surface area contributed by atoms with E-state index in [-0.39, 0.29) is 23.1 Å². The Morgan fingerprint density at radius 1 is 1.30 bits per heavy atom. The summed E-state index contributed by atoms with van der Waals surface area (Å²) in [5.41, 5.74) is 2.59. The van der Waals surface area contributed by atoms with Gasteiger partial charge in [-0.15, -0.1) is 11.3 Å². The van der Waals surface area contributed by atoms with Gasteiger partial charge in [-0.05, 0) is 66.8 Å². The van der Waals surface area contributed by atoms with Crippen LogP contribution in [0.3, 0.4) is 0 Å². The van der Waals surface area contributed by atoms with Crippen molar-refractivity contribution in [3.8, 4) is 0 Å².